The number of anilines is 1. The summed E-state index contributed by atoms with van der Waals surface area (Å²) >= 11 is 0. The number of nitrogens with zero attached hydrogens (tertiary/aromatic N) is 6. The second kappa shape index (κ2) is 11.1. The Morgan fingerprint density at radius 2 is 2.09 bits per heavy atom. The van der Waals surface area contributed by atoms with E-state index in [0.717, 1.165) is 25.5 Å². The van der Waals surface area contributed by atoms with Crippen LogP contribution in [0.15, 0.2) is 36.8 Å². The SMILES string of the molecule is N#Cc1cccnc1N1C[C@H]2C[C@@H](C1)[C@H](CNC(=O)Cn1cccn1)N1CCCC[C@@H]21.O=CO. The van der Waals surface area contributed by atoms with Gasteiger partial charge in [0.1, 0.15) is 18.4 Å². The highest BCUT2D eigenvalue weighted by molar-refractivity contribution is 5.75. The van der Waals surface area contributed by atoms with Crippen molar-refractivity contribution in [2.75, 3.05) is 31.1 Å². The molecule has 34 heavy (non-hydrogen) atoms. The third-order valence-electron chi connectivity index (χ3n) is 7.20. The molecule has 2 N–H and O–H groups in total. The van der Waals surface area contributed by atoms with E-state index in [1.807, 2.05) is 24.4 Å². The molecule has 3 aliphatic rings. The Kier molecular flexibility index (Phi) is 7.75. The smallest absolute Gasteiger partial charge is 0.290 e. The molecule has 5 heterocycles. The number of carboxylic acid groups (broad SMARTS) is 1. The maximum Gasteiger partial charge on any atom is 0.290 e. The fourth-order valence-corrected chi connectivity index (χ4v) is 5.91. The molecule has 180 valence electrons. The monoisotopic (exact) mass is 465 g/mol. The van der Waals surface area contributed by atoms with Crippen LogP contribution in [0.25, 0.3) is 0 Å². The summed E-state index contributed by atoms with van der Waals surface area (Å²) in [5, 5.41) is 23.8. The second-order valence-corrected chi connectivity index (χ2v) is 9.13. The van der Waals surface area contributed by atoms with Crippen molar-refractivity contribution in [2.45, 2.75) is 44.3 Å². The molecule has 5 rings (SSSR count). The predicted molar refractivity (Wildman–Crippen MR) is 125 cm³/mol. The standard InChI is InChI=1S/C23H29N7O.CH2O2/c24-12-17-5-3-7-25-23(17)28-14-18-11-19(15-28)21(30-10-2-1-6-20(18)30)13-26-22(31)16-29-9-4-8-27-29;2-1-3/h3-5,7-9,18-21H,1-2,6,10-11,13-16H2,(H,26,31);1H,(H,2,3)/t18-,19+,20+,21+;/m1./s1. The molecule has 0 unspecified atom stereocenters. The van der Waals surface area contributed by atoms with Gasteiger partial charge in [0, 0.05) is 50.3 Å². The Bertz CT molecular complexity index is 1010. The zero-order valence-electron chi connectivity index (χ0n) is 19.2. The van der Waals surface area contributed by atoms with Gasteiger partial charge >= 0.3 is 0 Å². The lowest BCUT2D eigenvalue weighted by Crippen LogP contribution is -2.66. The predicted octanol–water partition coefficient (Wildman–Crippen LogP) is 1.35. The number of hydrogen-bond acceptors (Lipinski definition) is 7. The highest BCUT2D eigenvalue weighted by Gasteiger charge is 2.47. The van der Waals surface area contributed by atoms with E-state index in [4.69, 9.17) is 9.90 Å². The summed E-state index contributed by atoms with van der Waals surface area (Å²) in [6, 6.07) is 8.69. The number of hydrogen-bond donors (Lipinski definition) is 2. The van der Waals surface area contributed by atoms with E-state index in [1.165, 1.54) is 25.7 Å². The first-order chi connectivity index (χ1) is 16.6. The molecule has 0 aromatic carbocycles. The van der Waals surface area contributed by atoms with Gasteiger partial charge in [0.2, 0.25) is 5.91 Å². The summed E-state index contributed by atoms with van der Waals surface area (Å²) in [4.78, 5) is 30.4. The first-order valence-corrected chi connectivity index (χ1v) is 11.8. The average molecular weight is 466 g/mol. The van der Waals surface area contributed by atoms with Gasteiger partial charge in [-0.05, 0) is 55.8 Å². The maximum absolute atomic E-state index is 12.5. The second-order valence-electron chi connectivity index (χ2n) is 9.13. The topological polar surface area (TPSA) is 127 Å². The lowest BCUT2D eigenvalue weighted by atomic mass is 9.72. The summed E-state index contributed by atoms with van der Waals surface area (Å²) in [5.41, 5.74) is 0.645. The molecule has 2 bridgehead atoms. The highest BCUT2D eigenvalue weighted by atomic mass is 16.3. The molecule has 3 fully saturated rings. The Labute approximate surface area is 199 Å². The molecule has 3 saturated heterocycles. The summed E-state index contributed by atoms with van der Waals surface area (Å²) in [6.07, 6.45) is 10.2. The number of fused-ring (bicyclic) bond motifs is 4. The minimum Gasteiger partial charge on any atom is -0.483 e. The van der Waals surface area contributed by atoms with Crippen molar-refractivity contribution in [1.29, 1.82) is 5.26 Å². The first-order valence-electron chi connectivity index (χ1n) is 11.8. The van der Waals surface area contributed by atoms with Crippen molar-refractivity contribution in [3.63, 3.8) is 0 Å². The third kappa shape index (κ3) is 5.20. The number of aromatic nitrogens is 3. The van der Waals surface area contributed by atoms with Gasteiger partial charge in [-0.1, -0.05) is 6.42 Å². The molecule has 0 spiro atoms. The summed E-state index contributed by atoms with van der Waals surface area (Å²) in [6.45, 7) is 3.62. The molecule has 0 aliphatic carbocycles. The molecular formula is C24H31N7O3. The van der Waals surface area contributed by atoms with Crippen LogP contribution in [0, 0.1) is 23.2 Å². The van der Waals surface area contributed by atoms with Gasteiger partial charge in [-0.15, -0.1) is 0 Å². The fourth-order valence-electron chi connectivity index (χ4n) is 5.91. The minimum absolute atomic E-state index is 0.00328. The molecular weight excluding hydrogens is 434 g/mol. The van der Waals surface area contributed by atoms with Crippen molar-refractivity contribution in [3.8, 4) is 6.07 Å². The number of nitrogens with one attached hydrogen (secondary N) is 1. The van der Waals surface area contributed by atoms with Gasteiger partial charge < -0.3 is 15.3 Å². The summed E-state index contributed by atoms with van der Waals surface area (Å²) < 4.78 is 1.66. The van der Waals surface area contributed by atoms with E-state index in [1.54, 1.807) is 17.1 Å². The van der Waals surface area contributed by atoms with Crippen LogP contribution in [0.1, 0.15) is 31.2 Å². The van der Waals surface area contributed by atoms with E-state index in [2.05, 4.69) is 31.3 Å². The van der Waals surface area contributed by atoms with Crippen LogP contribution in [0.5, 0.6) is 0 Å². The molecule has 3 aliphatic heterocycles. The van der Waals surface area contributed by atoms with Crippen LogP contribution in [0.2, 0.25) is 0 Å². The lowest BCUT2D eigenvalue weighted by molar-refractivity contribution is -0.123. The number of rotatable bonds is 5. The first kappa shape index (κ1) is 23.7. The van der Waals surface area contributed by atoms with Gasteiger partial charge in [-0.25, -0.2) is 4.98 Å². The van der Waals surface area contributed by atoms with Crippen LogP contribution in [0.3, 0.4) is 0 Å². The average Bonchev–Trinajstić information content (AvgIpc) is 3.37. The van der Waals surface area contributed by atoms with Gasteiger partial charge in [0.25, 0.3) is 6.47 Å². The van der Waals surface area contributed by atoms with Crippen molar-refractivity contribution >= 4 is 18.2 Å². The van der Waals surface area contributed by atoms with Crippen molar-refractivity contribution in [1.82, 2.24) is 25.0 Å². The molecule has 2 aromatic heterocycles. The number of nitriles is 1. The van der Waals surface area contributed by atoms with E-state index >= 15 is 0 Å². The van der Waals surface area contributed by atoms with Gasteiger partial charge in [-0.2, -0.15) is 10.4 Å². The van der Waals surface area contributed by atoms with Crippen molar-refractivity contribution < 1.29 is 14.7 Å². The number of piperidine rings is 3. The van der Waals surface area contributed by atoms with Crippen LogP contribution in [-0.4, -0.2) is 75.4 Å². The lowest BCUT2D eigenvalue weighted by Gasteiger charge is -2.57. The zero-order valence-corrected chi connectivity index (χ0v) is 19.2. The number of pyridine rings is 1. The molecule has 0 radical (unpaired) electrons. The highest BCUT2D eigenvalue weighted by Crippen LogP contribution is 2.42. The number of amides is 1. The maximum atomic E-state index is 12.5. The van der Waals surface area contributed by atoms with E-state index in [9.17, 15) is 10.1 Å². The minimum atomic E-state index is -0.250. The Morgan fingerprint density at radius 3 is 2.85 bits per heavy atom. The normalized spacial score (nSPS) is 25.8. The molecule has 2 aromatic rings. The van der Waals surface area contributed by atoms with Gasteiger partial charge in [-0.3, -0.25) is 19.2 Å². The number of carbonyl (C=O) groups is 2. The van der Waals surface area contributed by atoms with Crippen molar-refractivity contribution in [2.24, 2.45) is 11.8 Å². The van der Waals surface area contributed by atoms with Gasteiger partial charge in [0.15, 0.2) is 0 Å². The largest absolute Gasteiger partial charge is 0.483 e. The van der Waals surface area contributed by atoms with Crippen LogP contribution < -0.4 is 10.2 Å². The summed E-state index contributed by atoms with van der Waals surface area (Å²) in [7, 11) is 0. The van der Waals surface area contributed by atoms with E-state index < -0.39 is 0 Å². The Hall–Kier alpha value is -3.45. The molecule has 10 nitrogen and oxygen atoms in total. The number of carbonyl (C=O) groups excluding carboxylic acids is 1. The fraction of sp³-hybridized carbons (Fsp3) is 0.542. The van der Waals surface area contributed by atoms with Crippen LogP contribution >= 0.6 is 0 Å². The molecule has 0 saturated carbocycles. The Balaban J connectivity index is 0.000000868. The van der Waals surface area contributed by atoms with Gasteiger partial charge in [0.05, 0.1) is 5.56 Å². The van der Waals surface area contributed by atoms with Crippen LogP contribution in [0.4, 0.5) is 5.82 Å². The zero-order chi connectivity index (χ0) is 23.9. The molecule has 1 amide bonds. The Morgan fingerprint density at radius 1 is 1.26 bits per heavy atom. The molecule has 10 heteroatoms. The quantitative estimate of drug-likeness (QED) is 0.634. The third-order valence-corrected chi connectivity index (χ3v) is 7.20. The molecule has 4 atom stereocenters. The van der Waals surface area contributed by atoms with E-state index in [0.29, 0.717) is 36.0 Å². The van der Waals surface area contributed by atoms with Crippen LogP contribution in [-0.2, 0) is 16.1 Å². The van der Waals surface area contributed by atoms with Crippen molar-refractivity contribution in [3.05, 3.63) is 42.4 Å². The van der Waals surface area contributed by atoms with E-state index in [-0.39, 0.29) is 18.9 Å². The summed E-state index contributed by atoms with van der Waals surface area (Å²) in [5.74, 6) is 1.85.